The van der Waals surface area contributed by atoms with Gasteiger partial charge in [0.05, 0.1) is 26.4 Å². The molecule has 0 aliphatic carbocycles. The van der Waals surface area contributed by atoms with Gasteiger partial charge in [-0.05, 0) is 37.5 Å². The van der Waals surface area contributed by atoms with Crippen molar-refractivity contribution in [3.05, 3.63) is 0 Å². The third-order valence-electron chi connectivity index (χ3n) is 18.2. The van der Waals surface area contributed by atoms with Crippen molar-refractivity contribution < 1.29 is 80.2 Å². The number of rotatable bonds is 77. The van der Waals surface area contributed by atoms with E-state index in [1.165, 1.54) is 225 Å². The molecule has 0 bridgehead atoms. The number of unbranched alkanes of at least 4 members (excludes halogenated alkanes) is 47. The van der Waals surface area contributed by atoms with Crippen molar-refractivity contribution >= 4 is 39.5 Å². The monoisotopic (exact) mass is 1420 g/mol. The number of phosphoric acid groups is 2. The molecule has 0 aromatic carbocycles. The molecule has 0 spiro atoms. The van der Waals surface area contributed by atoms with E-state index >= 15 is 0 Å². The molecule has 0 aliphatic heterocycles. The Balaban J connectivity index is 5.23. The van der Waals surface area contributed by atoms with Gasteiger partial charge < -0.3 is 33.8 Å². The van der Waals surface area contributed by atoms with Crippen LogP contribution in [0.1, 0.15) is 408 Å². The topological polar surface area (TPSA) is 237 Å². The second kappa shape index (κ2) is 69.8. The molecule has 0 saturated carbocycles. The second-order valence-electron chi connectivity index (χ2n) is 29.1. The maximum absolute atomic E-state index is 13.1. The fraction of sp³-hybridized carbons (Fsp3) is 0.949. The van der Waals surface area contributed by atoms with E-state index in [4.69, 9.17) is 37.0 Å². The lowest BCUT2D eigenvalue weighted by Crippen LogP contribution is -2.30. The first-order chi connectivity index (χ1) is 46.9. The SMILES string of the molecule is CCCCCCCCCCCCCC(=O)OC[C@H](COP(=O)(O)OC[C@H](O)COP(=O)(O)OC[C@@H](COC(=O)CCCCCCCCCCCCCCCCC(C)C)OC(=O)CCCCCCCCCCCCCCCCCC(C)C)OC(=O)CCCCCCCCCCCCC. The summed E-state index contributed by atoms with van der Waals surface area (Å²) in [5, 5.41) is 10.6. The molecule has 0 aromatic rings. The molecule has 0 aromatic heterocycles. The van der Waals surface area contributed by atoms with Gasteiger partial charge in [0, 0.05) is 25.7 Å². The van der Waals surface area contributed by atoms with Crippen molar-refractivity contribution in [3.8, 4) is 0 Å². The van der Waals surface area contributed by atoms with Crippen LogP contribution in [0.2, 0.25) is 0 Å². The first-order valence-corrected chi connectivity index (χ1v) is 43.5. The highest BCUT2D eigenvalue weighted by atomic mass is 31.2. The van der Waals surface area contributed by atoms with Gasteiger partial charge in [-0.3, -0.25) is 37.3 Å². The Bertz CT molecular complexity index is 1870. The lowest BCUT2D eigenvalue weighted by atomic mass is 10.0. The lowest BCUT2D eigenvalue weighted by molar-refractivity contribution is -0.161. The molecule has 576 valence electrons. The van der Waals surface area contributed by atoms with Crippen LogP contribution >= 0.6 is 15.6 Å². The van der Waals surface area contributed by atoms with Crippen LogP contribution in [-0.4, -0.2) is 96.7 Å². The zero-order chi connectivity index (χ0) is 71.4. The van der Waals surface area contributed by atoms with Crippen LogP contribution in [0.4, 0.5) is 0 Å². The number of carbonyl (C=O) groups excluding carboxylic acids is 4. The zero-order valence-electron chi connectivity index (χ0n) is 63.4. The van der Waals surface area contributed by atoms with Gasteiger partial charge in [0.15, 0.2) is 12.2 Å². The fourth-order valence-electron chi connectivity index (χ4n) is 12.0. The smallest absolute Gasteiger partial charge is 0.462 e. The van der Waals surface area contributed by atoms with Crippen LogP contribution < -0.4 is 0 Å². The molecular weight excluding hydrogens is 1270 g/mol. The van der Waals surface area contributed by atoms with Gasteiger partial charge >= 0.3 is 39.5 Å². The van der Waals surface area contributed by atoms with Crippen LogP contribution in [0.15, 0.2) is 0 Å². The van der Waals surface area contributed by atoms with Gasteiger partial charge in [-0.25, -0.2) is 9.13 Å². The Morgan fingerprint density at radius 1 is 0.278 bits per heavy atom. The fourth-order valence-corrected chi connectivity index (χ4v) is 13.6. The minimum atomic E-state index is -4.96. The van der Waals surface area contributed by atoms with E-state index in [2.05, 4.69) is 41.5 Å². The summed E-state index contributed by atoms with van der Waals surface area (Å²) in [6.45, 7) is 9.66. The van der Waals surface area contributed by atoms with E-state index in [0.717, 1.165) is 102 Å². The van der Waals surface area contributed by atoms with Crippen molar-refractivity contribution in [2.24, 2.45) is 11.8 Å². The van der Waals surface area contributed by atoms with E-state index in [1.807, 2.05) is 0 Å². The number of esters is 4. The van der Waals surface area contributed by atoms with Crippen LogP contribution in [-0.2, 0) is 65.4 Å². The van der Waals surface area contributed by atoms with Crippen molar-refractivity contribution in [2.45, 2.75) is 426 Å². The summed E-state index contributed by atoms with van der Waals surface area (Å²) in [7, 11) is -9.91. The van der Waals surface area contributed by atoms with Gasteiger partial charge in [0.25, 0.3) is 0 Å². The second-order valence-corrected chi connectivity index (χ2v) is 32.0. The first-order valence-electron chi connectivity index (χ1n) is 40.5. The Morgan fingerprint density at radius 3 is 0.701 bits per heavy atom. The average molecular weight is 1420 g/mol. The van der Waals surface area contributed by atoms with Crippen LogP contribution in [0.25, 0.3) is 0 Å². The highest BCUT2D eigenvalue weighted by Gasteiger charge is 2.30. The molecule has 0 rings (SSSR count). The molecule has 0 aliphatic rings. The van der Waals surface area contributed by atoms with Gasteiger partial charge in [0.1, 0.15) is 19.3 Å². The van der Waals surface area contributed by atoms with Crippen molar-refractivity contribution in [2.75, 3.05) is 39.6 Å². The molecule has 0 amide bonds. The molecule has 0 fully saturated rings. The van der Waals surface area contributed by atoms with E-state index in [9.17, 15) is 43.2 Å². The summed E-state index contributed by atoms with van der Waals surface area (Å²) in [5.41, 5.74) is 0. The van der Waals surface area contributed by atoms with Gasteiger partial charge in [-0.1, -0.05) is 356 Å². The van der Waals surface area contributed by atoms with Crippen molar-refractivity contribution in [1.29, 1.82) is 0 Å². The summed E-state index contributed by atoms with van der Waals surface area (Å²) in [6, 6.07) is 0. The predicted molar refractivity (Wildman–Crippen MR) is 395 cm³/mol. The normalized spacial score (nSPS) is 14.0. The number of phosphoric ester groups is 2. The average Bonchev–Trinajstić information content (AvgIpc) is 3.45. The molecule has 19 heteroatoms. The quantitative estimate of drug-likeness (QED) is 0.0222. The van der Waals surface area contributed by atoms with E-state index in [-0.39, 0.29) is 25.7 Å². The summed E-state index contributed by atoms with van der Waals surface area (Å²) in [5.74, 6) is -0.509. The molecule has 0 radical (unpaired) electrons. The Labute approximate surface area is 594 Å². The standard InChI is InChI=1S/C78H152O17P2/c1-7-9-11-13-15-17-28-36-42-48-54-60-75(80)88-66-73(94-77(82)62-56-50-44-38-29-18-16-14-12-10-8-2)68-92-96(84,85)90-64-72(79)65-91-97(86,87)93-69-74(67-89-76(81)61-55-49-43-37-32-26-23-22-25-31-35-41-47-53-59-71(5)6)95-78(83)63-57-51-45-39-33-27-21-19-20-24-30-34-40-46-52-58-70(3)4/h70-74,79H,7-69H2,1-6H3,(H,84,85)(H,86,87)/t72-,73+,74+/m0/s1. The Hall–Kier alpha value is -1.94. The maximum Gasteiger partial charge on any atom is 0.472 e. The molecule has 17 nitrogen and oxygen atoms in total. The molecule has 0 heterocycles. The third-order valence-corrected chi connectivity index (χ3v) is 20.1. The molecule has 5 atom stereocenters. The van der Waals surface area contributed by atoms with E-state index in [1.54, 1.807) is 0 Å². The minimum absolute atomic E-state index is 0.107. The van der Waals surface area contributed by atoms with Crippen LogP contribution in [0.5, 0.6) is 0 Å². The molecule has 3 N–H and O–H groups in total. The number of ether oxygens (including phenoxy) is 4. The molecule has 2 unspecified atom stereocenters. The Morgan fingerprint density at radius 2 is 0.474 bits per heavy atom. The first kappa shape index (κ1) is 95.1. The molecule has 0 saturated heterocycles. The van der Waals surface area contributed by atoms with Crippen molar-refractivity contribution in [3.63, 3.8) is 0 Å². The lowest BCUT2D eigenvalue weighted by Gasteiger charge is -2.21. The van der Waals surface area contributed by atoms with Gasteiger partial charge in [-0.15, -0.1) is 0 Å². The summed E-state index contributed by atoms with van der Waals surface area (Å²) < 4.78 is 68.6. The van der Waals surface area contributed by atoms with Gasteiger partial charge in [0.2, 0.25) is 0 Å². The highest BCUT2D eigenvalue weighted by molar-refractivity contribution is 7.47. The Kier molecular flexibility index (Phi) is 68.4. The predicted octanol–water partition coefficient (Wildman–Crippen LogP) is 23.1. The summed E-state index contributed by atoms with van der Waals surface area (Å²) in [4.78, 5) is 72.9. The van der Waals surface area contributed by atoms with Crippen molar-refractivity contribution in [1.82, 2.24) is 0 Å². The number of hydrogen-bond donors (Lipinski definition) is 3. The number of aliphatic hydroxyl groups excluding tert-OH is 1. The number of aliphatic hydroxyl groups is 1. The summed E-state index contributed by atoms with van der Waals surface area (Å²) >= 11 is 0. The van der Waals surface area contributed by atoms with Crippen LogP contribution in [0, 0.1) is 11.8 Å². The van der Waals surface area contributed by atoms with E-state index in [0.29, 0.717) is 25.7 Å². The number of hydrogen-bond acceptors (Lipinski definition) is 15. The third kappa shape index (κ3) is 72.2. The molecule has 97 heavy (non-hydrogen) atoms. The largest absolute Gasteiger partial charge is 0.472 e. The van der Waals surface area contributed by atoms with E-state index < -0.39 is 97.5 Å². The maximum atomic E-state index is 13.1. The van der Waals surface area contributed by atoms with Crippen LogP contribution in [0.3, 0.4) is 0 Å². The number of carbonyl (C=O) groups is 4. The van der Waals surface area contributed by atoms with Gasteiger partial charge in [-0.2, -0.15) is 0 Å². The summed E-state index contributed by atoms with van der Waals surface area (Å²) in [6.07, 6.45) is 58.1. The highest BCUT2D eigenvalue weighted by Crippen LogP contribution is 2.45. The molecular formula is C78H152O17P2. The minimum Gasteiger partial charge on any atom is -0.462 e. The zero-order valence-corrected chi connectivity index (χ0v) is 65.2.